The van der Waals surface area contributed by atoms with E-state index in [4.69, 9.17) is 9.47 Å². The number of amides is 1. The topological polar surface area (TPSA) is 47.6 Å². The summed E-state index contributed by atoms with van der Waals surface area (Å²) in [5, 5.41) is 2.95. The van der Waals surface area contributed by atoms with Gasteiger partial charge in [-0.15, -0.1) is 0 Å². The predicted molar refractivity (Wildman–Crippen MR) is 120 cm³/mol. The average molecular weight is 398 g/mol. The molecule has 0 bridgehead atoms. The standard InChI is InChI=1S/C25H35NO3/c1-5-7-18-29-23-12-9-8-11-22(23)26-24(27)13-10-19-28-21-16-14-20(15-17-21)25(3,4)6-2/h8-9,11-12,14-17H,5-7,10,13,18-19H2,1-4H3,(H,26,27). The molecule has 2 aromatic carbocycles. The molecule has 0 aliphatic carbocycles. The quantitative estimate of drug-likeness (QED) is 0.424. The highest BCUT2D eigenvalue weighted by Gasteiger charge is 2.17. The van der Waals surface area contributed by atoms with Gasteiger partial charge in [0.2, 0.25) is 5.91 Å². The molecule has 0 saturated heterocycles. The number of nitrogens with one attached hydrogen (secondary N) is 1. The summed E-state index contributed by atoms with van der Waals surface area (Å²) in [6.45, 7) is 9.98. The van der Waals surface area contributed by atoms with Gasteiger partial charge < -0.3 is 14.8 Å². The van der Waals surface area contributed by atoms with Crippen molar-refractivity contribution in [3.63, 3.8) is 0 Å². The number of rotatable bonds is 12. The van der Waals surface area contributed by atoms with Crippen molar-refractivity contribution >= 4 is 11.6 Å². The SMILES string of the molecule is CCCCOc1ccccc1NC(=O)CCCOc1ccc(C(C)(C)CC)cc1. The maximum Gasteiger partial charge on any atom is 0.224 e. The van der Waals surface area contributed by atoms with Crippen molar-refractivity contribution in [2.24, 2.45) is 0 Å². The van der Waals surface area contributed by atoms with Crippen molar-refractivity contribution in [1.82, 2.24) is 0 Å². The zero-order chi connectivity index (χ0) is 21.1. The van der Waals surface area contributed by atoms with Gasteiger partial charge in [-0.05, 0) is 54.5 Å². The fraction of sp³-hybridized carbons (Fsp3) is 0.480. The van der Waals surface area contributed by atoms with Gasteiger partial charge in [0.15, 0.2) is 0 Å². The number of carbonyl (C=O) groups excluding carboxylic acids is 1. The maximum absolute atomic E-state index is 12.3. The second kappa shape index (κ2) is 11.5. The van der Waals surface area contributed by atoms with Crippen LogP contribution in [0.2, 0.25) is 0 Å². The first kappa shape index (κ1) is 22.8. The van der Waals surface area contributed by atoms with Crippen LogP contribution < -0.4 is 14.8 Å². The van der Waals surface area contributed by atoms with Crippen LogP contribution in [-0.2, 0) is 10.2 Å². The van der Waals surface area contributed by atoms with Gasteiger partial charge >= 0.3 is 0 Å². The molecule has 0 aliphatic heterocycles. The minimum absolute atomic E-state index is 0.0276. The number of para-hydroxylation sites is 2. The molecule has 0 fully saturated rings. The van der Waals surface area contributed by atoms with Crippen LogP contribution in [0.25, 0.3) is 0 Å². The summed E-state index contributed by atoms with van der Waals surface area (Å²) in [4.78, 5) is 12.3. The molecular formula is C25H35NO3. The molecular weight excluding hydrogens is 362 g/mol. The molecule has 1 N–H and O–H groups in total. The van der Waals surface area contributed by atoms with E-state index in [1.807, 2.05) is 36.4 Å². The van der Waals surface area contributed by atoms with Crippen molar-refractivity contribution in [2.45, 2.75) is 65.2 Å². The number of anilines is 1. The molecule has 29 heavy (non-hydrogen) atoms. The summed E-state index contributed by atoms with van der Waals surface area (Å²) in [7, 11) is 0. The van der Waals surface area contributed by atoms with E-state index in [-0.39, 0.29) is 11.3 Å². The van der Waals surface area contributed by atoms with E-state index in [0.29, 0.717) is 26.1 Å². The third-order valence-electron chi connectivity index (χ3n) is 5.25. The van der Waals surface area contributed by atoms with E-state index < -0.39 is 0 Å². The Morgan fingerprint density at radius 1 is 0.931 bits per heavy atom. The summed E-state index contributed by atoms with van der Waals surface area (Å²) in [5.74, 6) is 1.54. The lowest BCUT2D eigenvalue weighted by atomic mass is 9.82. The van der Waals surface area contributed by atoms with Gasteiger partial charge in [-0.25, -0.2) is 0 Å². The van der Waals surface area contributed by atoms with Crippen molar-refractivity contribution in [3.8, 4) is 11.5 Å². The Morgan fingerprint density at radius 2 is 1.62 bits per heavy atom. The van der Waals surface area contributed by atoms with E-state index in [9.17, 15) is 4.79 Å². The van der Waals surface area contributed by atoms with Crippen LogP contribution in [0.1, 0.15) is 65.4 Å². The Labute approximate surface area is 175 Å². The van der Waals surface area contributed by atoms with Gasteiger partial charge in [0.25, 0.3) is 0 Å². The highest BCUT2D eigenvalue weighted by atomic mass is 16.5. The van der Waals surface area contributed by atoms with Crippen LogP contribution in [0.5, 0.6) is 11.5 Å². The van der Waals surface area contributed by atoms with Crippen molar-refractivity contribution in [2.75, 3.05) is 18.5 Å². The first-order chi connectivity index (χ1) is 14.0. The van der Waals surface area contributed by atoms with Crippen LogP contribution in [-0.4, -0.2) is 19.1 Å². The van der Waals surface area contributed by atoms with E-state index in [1.165, 1.54) is 5.56 Å². The van der Waals surface area contributed by atoms with Crippen LogP contribution in [0.15, 0.2) is 48.5 Å². The minimum Gasteiger partial charge on any atom is -0.494 e. The Hall–Kier alpha value is -2.49. The van der Waals surface area contributed by atoms with Gasteiger partial charge in [-0.1, -0.05) is 58.4 Å². The van der Waals surface area contributed by atoms with Crippen LogP contribution in [0.3, 0.4) is 0 Å². The van der Waals surface area contributed by atoms with Crippen LogP contribution >= 0.6 is 0 Å². The van der Waals surface area contributed by atoms with Crippen LogP contribution in [0.4, 0.5) is 5.69 Å². The largest absolute Gasteiger partial charge is 0.494 e. The van der Waals surface area contributed by atoms with Gasteiger partial charge in [-0.2, -0.15) is 0 Å². The molecule has 4 nitrogen and oxygen atoms in total. The van der Waals surface area contributed by atoms with Gasteiger partial charge in [-0.3, -0.25) is 4.79 Å². The minimum atomic E-state index is -0.0276. The summed E-state index contributed by atoms with van der Waals surface area (Å²) in [5.41, 5.74) is 2.21. The summed E-state index contributed by atoms with van der Waals surface area (Å²) in [6, 6.07) is 15.8. The number of carbonyl (C=O) groups is 1. The molecule has 0 aliphatic rings. The molecule has 4 heteroatoms. The summed E-state index contributed by atoms with van der Waals surface area (Å²) < 4.78 is 11.6. The van der Waals surface area contributed by atoms with E-state index >= 15 is 0 Å². The normalized spacial score (nSPS) is 11.2. The molecule has 2 rings (SSSR count). The van der Waals surface area contributed by atoms with E-state index in [1.54, 1.807) is 0 Å². The van der Waals surface area contributed by atoms with Gasteiger partial charge in [0.05, 0.1) is 18.9 Å². The highest BCUT2D eigenvalue weighted by Crippen LogP contribution is 2.28. The predicted octanol–water partition coefficient (Wildman–Crippen LogP) is 6.35. The lowest BCUT2D eigenvalue weighted by molar-refractivity contribution is -0.116. The number of benzene rings is 2. The first-order valence-electron chi connectivity index (χ1n) is 10.7. The zero-order valence-corrected chi connectivity index (χ0v) is 18.3. The third kappa shape index (κ3) is 7.45. The molecule has 0 atom stereocenters. The third-order valence-corrected chi connectivity index (χ3v) is 5.25. The average Bonchev–Trinajstić information content (AvgIpc) is 2.73. The number of hydrogen-bond acceptors (Lipinski definition) is 3. The highest BCUT2D eigenvalue weighted by molar-refractivity contribution is 5.92. The van der Waals surface area contributed by atoms with Crippen molar-refractivity contribution < 1.29 is 14.3 Å². The Kier molecular flexibility index (Phi) is 9.04. The monoisotopic (exact) mass is 397 g/mol. The second-order valence-electron chi connectivity index (χ2n) is 7.96. The number of unbranched alkanes of at least 4 members (excludes halogenated alkanes) is 1. The molecule has 0 saturated carbocycles. The fourth-order valence-electron chi connectivity index (χ4n) is 2.86. The molecule has 0 unspecified atom stereocenters. The second-order valence-corrected chi connectivity index (χ2v) is 7.96. The Morgan fingerprint density at radius 3 is 2.31 bits per heavy atom. The van der Waals surface area contributed by atoms with Crippen molar-refractivity contribution in [3.05, 3.63) is 54.1 Å². The lowest BCUT2D eigenvalue weighted by Gasteiger charge is -2.23. The molecule has 1 amide bonds. The van der Waals surface area contributed by atoms with Gasteiger partial charge in [0.1, 0.15) is 11.5 Å². The molecule has 0 spiro atoms. The molecule has 0 aromatic heterocycles. The number of ether oxygens (including phenoxy) is 2. The van der Waals surface area contributed by atoms with E-state index in [0.717, 1.165) is 36.4 Å². The Bertz CT molecular complexity index is 753. The molecule has 0 radical (unpaired) electrons. The molecule has 158 valence electrons. The number of hydrogen-bond donors (Lipinski definition) is 1. The van der Waals surface area contributed by atoms with E-state index in [2.05, 4.69) is 45.1 Å². The summed E-state index contributed by atoms with van der Waals surface area (Å²) >= 11 is 0. The lowest BCUT2D eigenvalue weighted by Crippen LogP contribution is -2.15. The maximum atomic E-state index is 12.3. The first-order valence-corrected chi connectivity index (χ1v) is 10.7. The smallest absolute Gasteiger partial charge is 0.224 e. The van der Waals surface area contributed by atoms with Crippen LogP contribution in [0, 0.1) is 0 Å². The summed E-state index contributed by atoms with van der Waals surface area (Å²) in [6.07, 6.45) is 4.23. The Balaban J connectivity index is 1.75. The molecule has 0 heterocycles. The van der Waals surface area contributed by atoms with Crippen molar-refractivity contribution in [1.29, 1.82) is 0 Å². The zero-order valence-electron chi connectivity index (χ0n) is 18.3. The fourth-order valence-corrected chi connectivity index (χ4v) is 2.86. The molecule has 2 aromatic rings. The van der Waals surface area contributed by atoms with Gasteiger partial charge in [0, 0.05) is 6.42 Å².